The van der Waals surface area contributed by atoms with Gasteiger partial charge in [-0.05, 0) is 55.5 Å². The van der Waals surface area contributed by atoms with E-state index in [4.69, 9.17) is 16.3 Å². The minimum atomic E-state index is -0.403. The van der Waals surface area contributed by atoms with Crippen LogP contribution in [0.2, 0.25) is 5.02 Å². The highest BCUT2D eigenvalue weighted by atomic mass is 35.5. The molecule has 30 heavy (non-hydrogen) atoms. The number of amides is 1. The number of aryl methyl sites for hydroxylation is 1. The van der Waals surface area contributed by atoms with Gasteiger partial charge in [0.15, 0.2) is 5.82 Å². The largest absolute Gasteiger partial charge is 0.497 e. The van der Waals surface area contributed by atoms with Crippen molar-refractivity contribution in [3.8, 4) is 22.8 Å². The molecule has 150 valence electrons. The first-order valence-corrected chi connectivity index (χ1v) is 9.67. The molecule has 0 unspecified atom stereocenters. The molecule has 0 bridgehead atoms. The van der Waals surface area contributed by atoms with E-state index in [0.717, 1.165) is 16.9 Å². The fourth-order valence-electron chi connectivity index (χ4n) is 2.95. The van der Waals surface area contributed by atoms with Gasteiger partial charge in [-0.2, -0.15) is 0 Å². The van der Waals surface area contributed by atoms with E-state index >= 15 is 0 Å². The van der Waals surface area contributed by atoms with E-state index in [1.807, 2.05) is 73.7 Å². The minimum absolute atomic E-state index is 0.0429. The number of nitrogens with one attached hydrogen (secondary N) is 1. The van der Waals surface area contributed by atoms with Crippen LogP contribution in [0.25, 0.3) is 17.1 Å². The third-order valence-corrected chi connectivity index (χ3v) is 4.87. The normalized spacial score (nSPS) is 10.6. The Morgan fingerprint density at radius 3 is 2.37 bits per heavy atom. The molecular formula is C23H19ClN4O2. The van der Waals surface area contributed by atoms with Crippen LogP contribution in [0.4, 0.5) is 5.69 Å². The summed E-state index contributed by atoms with van der Waals surface area (Å²) in [5.41, 5.74) is 3.19. The van der Waals surface area contributed by atoms with Gasteiger partial charge in [0.25, 0.3) is 5.91 Å². The van der Waals surface area contributed by atoms with E-state index < -0.39 is 5.91 Å². The Balaban J connectivity index is 1.76. The smallest absolute Gasteiger partial charge is 0.295 e. The van der Waals surface area contributed by atoms with Crippen LogP contribution in [0, 0.1) is 6.92 Å². The highest BCUT2D eigenvalue weighted by Gasteiger charge is 2.20. The Kier molecular flexibility index (Phi) is 5.50. The lowest BCUT2D eigenvalue weighted by Crippen LogP contribution is -2.14. The first-order valence-electron chi connectivity index (χ1n) is 9.29. The van der Waals surface area contributed by atoms with Crippen molar-refractivity contribution in [3.05, 3.63) is 89.2 Å². The molecule has 7 heteroatoms. The van der Waals surface area contributed by atoms with E-state index in [0.29, 0.717) is 22.2 Å². The van der Waals surface area contributed by atoms with E-state index in [-0.39, 0.29) is 5.82 Å². The monoisotopic (exact) mass is 418 g/mol. The Bertz CT molecular complexity index is 1180. The molecule has 0 saturated heterocycles. The number of hydrogen-bond donors (Lipinski definition) is 1. The number of carbonyl (C=O) groups is 1. The summed E-state index contributed by atoms with van der Waals surface area (Å²) >= 11 is 6.39. The fourth-order valence-corrected chi connectivity index (χ4v) is 3.17. The topological polar surface area (TPSA) is 69.0 Å². The van der Waals surface area contributed by atoms with Crippen molar-refractivity contribution in [2.24, 2.45) is 0 Å². The second-order valence-corrected chi connectivity index (χ2v) is 7.08. The molecule has 4 aromatic rings. The molecular weight excluding hydrogens is 400 g/mol. The number of anilines is 1. The summed E-state index contributed by atoms with van der Waals surface area (Å²) in [5, 5.41) is 7.79. The predicted octanol–water partition coefficient (Wildman–Crippen LogP) is 5.16. The van der Waals surface area contributed by atoms with Gasteiger partial charge in [0.2, 0.25) is 5.82 Å². The molecule has 0 aliphatic rings. The molecule has 0 aliphatic heterocycles. The molecule has 1 aromatic heterocycles. The molecule has 6 nitrogen and oxygen atoms in total. The summed E-state index contributed by atoms with van der Waals surface area (Å²) in [4.78, 5) is 17.3. The van der Waals surface area contributed by atoms with Crippen molar-refractivity contribution in [1.82, 2.24) is 14.8 Å². The third-order valence-electron chi connectivity index (χ3n) is 4.55. The number of ether oxygens (including phenoxy) is 1. The van der Waals surface area contributed by atoms with Crippen molar-refractivity contribution in [2.45, 2.75) is 6.92 Å². The van der Waals surface area contributed by atoms with Crippen LogP contribution in [-0.4, -0.2) is 27.8 Å². The van der Waals surface area contributed by atoms with Crippen LogP contribution in [0.3, 0.4) is 0 Å². The molecule has 0 spiro atoms. The summed E-state index contributed by atoms with van der Waals surface area (Å²) in [6.07, 6.45) is 0. The van der Waals surface area contributed by atoms with Crippen LogP contribution < -0.4 is 10.1 Å². The van der Waals surface area contributed by atoms with Gasteiger partial charge in [-0.1, -0.05) is 41.4 Å². The third kappa shape index (κ3) is 4.04. The molecule has 0 radical (unpaired) electrons. The maximum atomic E-state index is 12.8. The number of para-hydroxylation sites is 1. The number of nitrogens with zero attached hydrogens (tertiary/aromatic N) is 3. The SMILES string of the molecule is COc1ccc(-c2nc(C(=O)Nc3ccc(C)cc3)nn2-c2ccccc2Cl)cc1. The molecule has 3 aromatic carbocycles. The van der Waals surface area contributed by atoms with Crippen LogP contribution in [0.15, 0.2) is 72.8 Å². The van der Waals surface area contributed by atoms with Crippen molar-refractivity contribution in [2.75, 3.05) is 12.4 Å². The molecule has 1 N–H and O–H groups in total. The van der Waals surface area contributed by atoms with Crippen LogP contribution in [0.1, 0.15) is 16.2 Å². The molecule has 0 saturated carbocycles. The maximum Gasteiger partial charge on any atom is 0.295 e. The molecule has 1 amide bonds. The lowest BCUT2D eigenvalue weighted by molar-refractivity contribution is 0.101. The first-order chi connectivity index (χ1) is 14.5. The van der Waals surface area contributed by atoms with Gasteiger partial charge in [-0.25, -0.2) is 9.67 Å². The Morgan fingerprint density at radius 1 is 1.00 bits per heavy atom. The summed E-state index contributed by atoms with van der Waals surface area (Å²) in [7, 11) is 1.61. The highest BCUT2D eigenvalue weighted by molar-refractivity contribution is 6.32. The van der Waals surface area contributed by atoms with Crippen molar-refractivity contribution >= 4 is 23.2 Å². The van der Waals surface area contributed by atoms with Crippen molar-refractivity contribution in [3.63, 3.8) is 0 Å². The second-order valence-electron chi connectivity index (χ2n) is 6.67. The number of methoxy groups -OCH3 is 1. The van der Waals surface area contributed by atoms with Gasteiger partial charge in [-0.15, -0.1) is 5.10 Å². The summed E-state index contributed by atoms with van der Waals surface area (Å²) in [6.45, 7) is 1.99. The van der Waals surface area contributed by atoms with E-state index in [9.17, 15) is 4.79 Å². The first kappa shape index (κ1) is 19.7. The average molecular weight is 419 g/mol. The van der Waals surface area contributed by atoms with Crippen LogP contribution in [0.5, 0.6) is 5.75 Å². The lowest BCUT2D eigenvalue weighted by Gasteiger charge is -2.08. The number of halogens is 1. The number of carbonyl (C=O) groups excluding carboxylic acids is 1. The molecule has 0 fully saturated rings. The number of aromatic nitrogens is 3. The van der Waals surface area contributed by atoms with Crippen LogP contribution >= 0.6 is 11.6 Å². The lowest BCUT2D eigenvalue weighted by atomic mass is 10.2. The Hall–Kier alpha value is -3.64. The molecule has 1 heterocycles. The molecule has 0 aliphatic carbocycles. The van der Waals surface area contributed by atoms with Crippen molar-refractivity contribution < 1.29 is 9.53 Å². The fraction of sp³-hybridized carbons (Fsp3) is 0.0870. The van der Waals surface area contributed by atoms with Crippen molar-refractivity contribution in [1.29, 1.82) is 0 Å². The average Bonchev–Trinajstić information content (AvgIpc) is 3.21. The van der Waals surface area contributed by atoms with Gasteiger partial charge >= 0.3 is 0 Å². The quantitative estimate of drug-likeness (QED) is 0.486. The summed E-state index contributed by atoms with van der Waals surface area (Å²) < 4.78 is 6.81. The van der Waals surface area contributed by atoms with E-state index in [2.05, 4.69) is 15.4 Å². The zero-order chi connectivity index (χ0) is 21.1. The molecule has 0 atom stereocenters. The minimum Gasteiger partial charge on any atom is -0.497 e. The van der Waals surface area contributed by atoms with Gasteiger partial charge in [0.05, 0.1) is 17.8 Å². The zero-order valence-electron chi connectivity index (χ0n) is 16.5. The highest BCUT2D eigenvalue weighted by Crippen LogP contribution is 2.27. The van der Waals surface area contributed by atoms with E-state index in [1.54, 1.807) is 17.9 Å². The maximum absolute atomic E-state index is 12.8. The Morgan fingerprint density at radius 2 is 1.70 bits per heavy atom. The van der Waals surface area contributed by atoms with Crippen LogP contribution in [-0.2, 0) is 0 Å². The summed E-state index contributed by atoms with van der Waals surface area (Å²) in [6, 6.07) is 22.2. The number of benzene rings is 3. The van der Waals surface area contributed by atoms with E-state index in [1.165, 1.54) is 0 Å². The van der Waals surface area contributed by atoms with Gasteiger partial charge in [-0.3, -0.25) is 4.79 Å². The van der Waals surface area contributed by atoms with Gasteiger partial charge in [0, 0.05) is 11.3 Å². The number of rotatable bonds is 5. The zero-order valence-corrected chi connectivity index (χ0v) is 17.2. The number of hydrogen-bond acceptors (Lipinski definition) is 4. The Labute approximate surface area is 179 Å². The van der Waals surface area contributed by atoms with Gasteiger partial charge in [0.1, 0.15) is 5.75 Å². The van der Waals surface area contributed by atoms with Gasteiger partial charge < -0.3 is 10.1 Å². The standard InChI is InChI=1S/C23H19ClN4O2/c1-15-7-11-17(12-8-15)25-23(29)21-26-22(16-9-13-18(30-2)14-10-16)28(27-21)20-6-4-3-5-19(20)24/h3-14H,1-2H3,(H,25,29). The summed E-state index contributed by atoms with van der Waals surface area (Å²) in [5.74, 6) is 0.862. The second kappa shape index (κ2) is 8.39. The predicted molar refractivity (Wildman–Crippen MR) is 117 cm³/mol. The molecule has 4 rings (SSSR count).